The van der Waals surface area contributed by atoms with Gasteiger partial charge in [-0.2, -0.15) is 0 Å². The van der Waals surface area contributed by atoms with Crippen LogP contribution in [-0.4, -0.2) is 13.7 Å². The molecule has 0 atom stereocenters. The second-order valence-electron chi connectivity index (χ2n) is 2.98. The van der Waals surface area contributed by atoms with Gasteiger partial charge in [-0.05, 0) is 36.2 Å². The van der Waals surface area contributed by atoms with Gasteiger partial charge in [0.15, 0.2) is 0 Å². The lowest BCUT2D eigenvalue weighted by Gasteiger charge is -2.17. The first kappa shape index (κ1) is 6.49. The number of hydrogen-bond donors (Lipinski definition) is 1. The second-order valence-corrected chi connectivity index (χ2v) is 2.98. The number of methoxy groups -OCH3 is 1. The predicted molar refractivity (Wildman–Crippen MR) is 48.4 cm³/mol. The van der Waals surface area contributed by atoms with Gasteiger partial charge >= 0.3 is 0 Å². The molecule has 1 aliphatic rings. The van der Waals surface area contributed by atoms with Crippen LogP contribution in [0, 0.1) is 0 Å². The quantitative estimate of drug-likeness (QED) is 0.676. The normalized spacial score (nSPS) is 16.6. The van der Waals surface area contributed by atoms with Crippen LogP contribution in [0.4, 0.5) is 0 Å². The van der Waals surface area contributed by atoms with Gasteiger partial charge in [-0.25, -0.2) is 0 Å². The van der Waals surface area contributed by atoms with Gasteiger partial charge in [-0.1, -0.05) is 6.07 Å². The lowest BCUT2D eigenvalue weighted by Crippen LogP contribution is -2.23. The van der Waals surface area contributed by atoms with E-state index in [4.69, 9.17) is 6.11 Å². The van der Waals surface area contributed by atoms with Gasteiger partial charge in [-0.15, -0.1) is 0 Å². The average molecular weight is 164 g/mol. The Kier molecular flexibility index (Phi) is 1.70. The van der Waals surface area contributed by atoms with Crippen molar-refractivity contribution >= 4 is 0 Å². The number of benzene rings is 1. The van der Waals surface area contributed by atoms with E-state index in [1.54, 1.807) is 7.11 Å². The summed E-state index contributed by atoms with van der Waals surface area (Å²) in [6.07, 6.45) is 1.03. The summed E-state index contributed by atoms with van der Waals surface area (Å²) in [5.74, 6) is 0.681. The maximum absolute atomic E-state index is 7.66. The summed E-state index contributed by atoms with van der Waals surface area (Å²) in [7, 11) is 1.61. The molecule has 0 amide bonds. The summed E-state index contributed by atoms with van der Waals surface area (Å²) in [4.78, 5) is 0. The lowest BCUT2D eigenvalue weighted by atomic mass is 10.0. The summed E-state index contributed by atoms with van der Waals surface area (Å²) < 4.78 is 12.8. The standard InChI is InChI=1S/C10H13NO/c1-12-10-3-2-9-7-11-5-4-8(9)6-10/h2-3,6,11H,4-5,7H2,1H3/i3D. The Bertz CT molecular complexity index is 325. The average Bonchev–Trinajstić information content (AvgIpc) is 2.17. The van der Waals surface area contributed by atoms with Crippen molar-refractivity contribution < 1.29 is 6.11 Å². The number of nitrogens with one attached hydrogen (secondary N) is 1. The molecule has 0 aliphatic carbocycles. The molecule has 64 valence electrons. The number of rotatable bonds is 1. The Morgan fingerprint density at radius 3 is 3.33 bits per heavy atom. The van der Waals surface area contributed by atoms with Crippen molar-refractivity contribution in [2.24, 2.45) is 0 Å². The Morgan fingerprint density at radius 2 is 2.50 bits per heavy atom. The molecule has 1 heterocycles. The fourth-order valence-electron chi connectivity index (χ4n) is 1.50. The minimum absolute atomic E-state index is 0.477. The molecule has 1 N–H and O–H groups in total. The summed E-state index contributed by atoms with van der Waals surface area (Å²) in [5, 5.41) is 3.28. The van der Waals surface area contributed by atoms with E-state index < -0.39 is 0 Å². The third-order valence-electron chi connectivity index (χ3n) is 2.21. The Balaban J connectivity index is 2.44. The van der Waals surface area contributed by atoms with Crippen molar-refractivity contribution in [2.75, 3.05) is 13.7 Å². The van der Waals surface area contributed by atoms with E-state index >= 15 is 0 Å². The SMILES string of the molecule is [2H]c1cc2c(cc1OC)CCNC2. The summed E-state index contributed by atoms with van der Waals surface area (Å²) in [6, 6.07) is 4.35. The highest BCUT2D eigenvalue weighted by Gasteiger charge is 2.08. The van der Waals surface area contributed by atoms with Crippen LogP contribution in [0.3, 0.4) is 0 Å². The largest absolute Gasteiger partial charge is 0.497 e. The number of hydrogen-bond acceptors (Lipinski definition) is 2. The zero-order chi connectivity index (χ0) is 9.26. The molecule has 0 aromatic heterocycles. The van der Waals surface area contributed by atoms with Crippen molar-refractivity contribution in [3.63, 3.8) is 0 Å². The fraction of sp³-hybridized carbons (Fsp3) is 0.400. The van der Waals surface area contributed by atoms with Crippen LogP contribution < -0.4 is 10.1 Å². The molecule has 0 spiro atoms. The molecule has 1 aromatic rings. The molecule has 0 fully saturated rings. The van der Waals surface area contributed by atoms with Crippen LogP contribution in [0.5, 0.6) is 5.75 Å². The Labute approximate surface area is 74.0 Å². The van der Waals surface area contributed by atoms with E-state index in [1.165, 1.54) is 11.1 Å². The van der Waals surface area contributed by atoms with E-state index in [9.17, 15) is 0 Å². The van der Waals surface area contributed by atoms with Gasteiger partial charge in [-0.3, -0.25) is 0 Å². The van der Waals surface area contributed by atoms with Crippen LogP contribution in [-0.2, 0) is 13.0 Å². The summed E-state index contributed by atoms with van der Waals surface area (Å²) in [6.45, 7) is 1.90. The van der Waals surface area contributed by atoms with E-state index in [-0.39, 0.29) is 0 Å². The van der Waals surface area contributed by atoms with Gasteiger partial charge in [0.2, 0.25) is 0 Å². The smallest absolute Gasteiger partial charge is 0.119 e. The molecule has 0 saturated carbocycles. The van der Waals surface area contributed by atoms with Crippen LogP contribution in [0.1, 0.15) is 12.5 Å². The molecule has 2 nitrogen and oxygen atoms in total. The maximum atomic E-state index is 7.66. The van der Waals surface area contributed by atoms with E-state index in [1.807, 2.05) is 12.1 Å². The van der Waals surface area contributed by atoms with Crippen LogP contribution in [0.15, 0.2) is 18.2 Å². The predicted octanol–water partition coefficient (Wildman–Crippen LogP) is 1.34. The third kappa shape index (κ3) is 1.30. The molecule has 0 saturated heterocycles. The molecule has 1 aliphatic heterocycles. The first-order valence-electron chi connectivity index (χ1n) is 4.68. The molecule has 12 heavy (non-hydrogen) atoms. The topological polar surface area (TPSA) is 21.3 Å². The fourth-order valence-corrected chi connectivity index (χ4v) is 1.50. The maximum Gasteiger partial charge on any atom is 0.119 e. The monoisotopic (exact) mass is 164 g/mol. The van der Waals surface area contributed by atoms with Gasteiger partial charge < -0.3 is 10.1 Å². The molecule has 2 rings (SSSR count). The minimum Gasteiger partial charge on any atom is -0.497 e. The van der Waals surface area contributed by atoms with Crippen molar-refractivity contribution in [1.29, 1.82) is 0 Å². The van der Waals surface area contributed by atoms with Gasteiger partial charge in [0.25, 0.3) is 0 Å². The highest BCUT2D eigenvalue weighted by Crippen LogP contribution is 2.19. The highest BCUT2D eigenvalue weighted by atomic mass is 16.5. The second kappa shape index (κ2) is 3.15. The third-order valence-corrected chi connectivity index (χ3v) is 2.21. The first-order chi connectivity index (χ1) is 6.31. The van der Waals surface area contributed by atoms with E-state index in [2.05, 4.69) is 5.32 Å². The molecule has 0 radical (unpaired) electrons. The van der Waals surface area contributed by atoms with Crippen molar-refractivity contribution in [3.05, 3.63) is 29.3 Å². The van der Waals surface area contributed by atoms with Gasteiger partial charge in [0.05, 0.1) is 8.48 Å². The molecule has 0 unspecified atom stereocenters. The van der Waals surface area contributed by atoms with Crippen molar-refractivity contribution in [2.45, 2.75) is 13.0 Å². The summed E-state index contributed by atoms with van der Waals surface area (Å²) in [5.41, 5.74) is 2.55. The van der Waals surface area contributed by atoms with Crippen molar-refractivity contribution in [3.8, 4) is 5.75 Å². The van der Waals surface area contributed by atoms with Gasteiger partial charge in [0.1, 0.15) is 5.75 Å². The van der Waals surface area contributed by atoms with E-state index in [0.717, 1.165) is 19.5 Å². The minimum atomic E-state index is 0.477. The zero-order valence-electron chi connectivity index (χ0n) is 8.18. The zero-order valence-corrected chi connectivity index (χ0v) is 7.18. The van der Waals surface area contributed by atoms with Crippen LogP contribution in [0.2, 0.25) is 0 Å². The van der Waals surface area contributed by atoms with Crippen LogP contribution in [0.25, 0.3) is 0 Å². The first-order valence-corrected chi connectivity index (χ1v) is 4.18. The Hall–Kier alpha value is -1.02. The molecular weight excluding hydrogens is 150 g/mol. The number of ether oxygens (including phenoxy) is 1. The Morgan fingerprint density at radius 1 is 1.58 bits per heavy atom. The van der Waals surface area contributed by atoms with Crippen molar-refractivity contribution in [1.82, 2.24) is 5.32 Å². The van der Waals surface area contributed by atoms with Gasteiger partial charge in [0, 0.05) is 6.54 Å². The molecule has 2 heteroatoms. The molecular formula is C10H13NO. The van der Waals surface area contributed by atoms with Crippen LogP contribution >= 0.6 is 0 Å². The van der Waals surface area contributed by atoms with E-state index in [0.29, 0.717) is 11.8 Å². The lowest BCUT2D eigenvalue weighted by molar-refractivity contribution is 0.413. The highest BCUT2D eigenvalue weighted by molar-refractivity contribution is 5.36. The summed E-state index contributed by atoms with van der Waals surface area (Å²) >= 11 is 0. The molecule has 0 bridgehead atoms. The number of fused-ring (bicyclic) bond motifs is 1. The molecule has 1 aromatic carbocycles.